The molecule has 2 rings (SSSR count). The largest absolute Gasteiger partial charge is 0.336 e. The third-order valence-corrected chi connectivity index (χ3v) is 4.04. The lowest BCUT2D eigenvalue weighted by atomic mass is 9.89. The van der Waals surface area contributed by atoms with Crippen molar-refractivity contribution in [2.75, 3.05) is 13.1 Å². The quantitative estimate of drug-likeness (QED) is 0.907. The van der Waals surface area contributed by atoms with Crippen molar-refractivity contribution in [2.24, 2.45) is 5.41 Å². The van der Waals surface area contributed by atoms with Gasteiger partial charge in [0, 0.05) is 30.1 Å². The molecule has 1 saturated heterocycles. The normalized spacial score (nSPS) is 22.1. The van der Waals surface area contributed by atoms with Gasteiger partial charge in [-0.2, -0.15) is 0 Å². The lowest BCUT2D eigenvalue weighted by Gasteiger charge is -2.46. The summed E-state index contributed by atoms with van der Waals surface area (Å²) in [7, 11) is 0. The van der Waals surface area contributed by atoms with Crippen LogP contribution < -0.4 is 5.32 Å². The van der Waals surface area contributed by atoms with Gasteiger partial charge in [-0.15, -0.1) is 0 Å². The van der Waals surface area contributed by atoms with Crippen LogP contribution >= 0.6 is 0 Å². The Balaban J connectivity index is 2.19. The predicted octanol–water partition coefficient (Wildman–Crippen LogP) is 2.85. The van der Waals surface area contributed by atoms with Crippen LogP contribution in [0.4, 0.5) is 0 Å². The third-order valence-electron chi connectivity index (χ3n) is 4.04. The van der Waals surface area contributed by atoms with Gasteiger partial charge >= 0.3 is 0 Å². The first-order valence-corrected chi connectivity index (χ1v) is 7.79. The highest BCUT2D eigenvalue weighted by atomic mass is 16.2. The lowest BCUT2D eigenvalue weighted by Crippen LogP contribution is -2.64. The van der Waals surface area contributed by atoms with E-state index in [1.54, 1.807) is 0 Å². The Morgan fingerprint density at radius 3 is 2.48 bits per heavy atom. The van der Waals surface area contributed by atoms with Gasteiger partial charge in [0.25, 0.3) is 0 Å². The lowest BCUT2D eigenvalue weighted by molar-refractivity contribution is -0.144. The van der Waals surface area contributed by atoms with Crippen LogP contribution in [0.1, 0.15) is 40.2 Å². The molecule has 0 aromatic heterocycles. The third kappa shape index (κ3) is 4.07. The van der Waals surface area contributed by atoms with Crippen molar-refractivity contribution in [3.8, 4) is 0 Å². The van der Waals surface area contributed by atoms with Gasteiger partial charge in [0.05, 0.1) is 0 Å². The van der Waals surface area contributed by atoms with Gasteiger partial charge in [0.2, 0.25) is 5.91 Å². The van der Waals surface area contributed by atoms with Gasteiger partial charge in [-0.1, -0.05) is 51.1 Å². The number of benzene rings is 1. The molecular weight excluding hydrogens is 260 g/mol. The summed E-state index contributed by atoms with van der Waals surface area (Å²) in [6, 6.07) is 10.7. The van der Waals surface area contributed by atoms with Gasteiger partial charge in [0.15, 0.2) is 0 Å². The van der Waals surface area contributed by atoms with E-state index in [1.165, 1.54) is 5.56 Å². The van der Waals surface area contributed by atoms with Crippen molar-refractivity contribution in [1.82, 2.24) is 10.2 Å². The number of carbonyl (C=O) groups excluding carboxylic acids is 1. The van der Waals surface area contributed by atoms with Gasteiger partial charge in [0.1, 0.15) is 0 Å². The van der Waals surface area contributed by atoms with Crippen molar-refractivity contribution < 1.29 is 4.79 Å². The van der Waals surface area contributed by atoms with Crippen molar-refractivity contribution in [2.45, 2.75) is 52.6 Å². The van der Waals surface area contributed by atoms with E-state index in [0.29, 0.717) is 0 Å². The maximum Gasteiger partial charge on any atom is 0.228 e. The summed E-state index contributed by atoms with van der Waals surface area (Å²) in [5.41, 5.74) is 0.937. The molecule has 0 bridgehead atoms. The van der Waals surface area contributed by atoms with Crippen LogP contribution in [-0.2, 0) is 11.2 Å². The summed E-state index contributed by atoms with van der Waals surface area (Å²) in [6.07, 6.45) is 0.908. The van der Waals surface area contributed by atoms with E-state index in [4.69, 9.17) is 0 Å². The topological polar surface area (TPSA) is 32.3 Å². The summed E-state index contributed by atoms with van der Waals surface area (Å²) in [4.78, 5) is 14.9. The zero-order valence-corrected chi connectivity index (χ0v) is 13.9. The van der Waals surface area contributed by atoms with Crippen LogP contribution in [-0.4, -0.2) is 35.5 Å². The average molecular weight is 288 g/mol. The van der Waals surface area contributed by atoms with Crippen LogP contribution in [0.3, 0.4) is 0 Å². The van der Waals surface area contributed by atoms with Crippen LogP contribution in [0.15, 0.2) is 30.3 Å². The first kappa shape index (κ1) is 16.0. The molecule has 3 nitrogen and oxygen atoms in total. The number of nitrogens with zero attached hydrogens (tertiary/aromatic N) is 1. The Kier molecular flexibility index (Phi) is 4.43. The molecule has 1 N–H and O–H groups in total. The number of rotatable bonds is 2. The Bertz CT molecular complexity index is 488. The molecule has 1 aromatic rings. The molecule has 1 atom stereocenters. The summed E-state index contributed by atoms with van der Waals surface area (Å²) in [5.74, 6) is 0.248. The average Bonchev–Trinajstić information content (AvgIpc) is 2.40. The molecule has 0 aliphatic carbocycles. The monoisotopic (exact) mass is 288 g/mol. The number of hydrogen-bond donors (Lipinski definition) is 1. The first-order valence-electron chi connectivity index (χ1n) is 7.79. The molecule has 1 aliphatic heterocycles. The molecule has 1 aliphatic rings. The van der Waals surface area contributed by atoms with Crippen molar-refractivity contribution in [3.63, 3.8) is 0 Å². The SMILES string of the molecule is CC1(C)CN(C(=O)C(C)(C)C)C(Cc2ccccc2)CN1. The minimum absolute atomic E-state index is 0.0197. The fraction of sp³-hybridized carbons (Fsp3) is 0.611. The van der Waals surface area contributed by atoms with E-state index in [9.17, 15) is 4.79 Å². The molecule has 3 heteroatoms. The summed E-state index contributed by atoms with van der Waals surface area (Å²) in [6.45, 7) is 11.9. The Hall–Kier alpha value is -1.35. The molecule has 1 unspecified atom stereocenters. The smallest absolute Gasteiger partial charge is 0.228 e. The minimum Gasteiger partial charge on any atom is -0.336 e. The molecule has 116 valence electrons. The fourth-order valence-electron chi connectivity index (χ4n) is 2.85. The highest BCUT2D eigenvalue weighted by Crippen LogP contribution is 2.25. The number of carbonyl (C=O) groups is 1. The minimum atomic E-state index is -0.331. The van der Waals surface area contributed by atoms with Crippen molar-refractivity contribution in [3.05, 3.63) is 35.9 Å². The molecule has 21 heavy (non-hydrogen) atoms. The van der Waals surface area contributed by atoms with E-state index in [0.717, 1.165) is 19.5 Å². The van der Waals surface area contributed by atoms with E-state index in [1.807, 2.05) is 26.8 Å². The second-order valence-electron chi connectivity index (χ2n) is 7.79. The van der Waals surface area contributed by atoms with Gasteiger partial charge in [-0.05, 0) is 25.8 Å². The predicted molar refractivity (Wildman–Crippen MR) is 87.2 cm³/mol. The van der Waals surface area contributed by atoms with Crippen LogP contribution in [0.2, 0.25) is 0 Å². The van der Waals surface area contributed by atoms with Crippen LogP contribution in [0.25, 0.3) is 0 Å². The van der Waals surface area contributed by atoms with E-state index < -0.39 is 0 Å². The molecule has 0 spiro atoms. The van der Waals surface area contributed by atoms with Crippen molar-refractivity contribution >= 4 is 5.91 Å². The van der Waals surface area contributed by atoms with E-state index >= 15 is 0 Å². The number of piperazine rings is 1. The molecule has 1 aromatic carbocycles. The maximum absolute atomic E-state index is 12.8. The second-order valence-corrected chi connectivity index (χ2v) is 7.79. The standard InChI is InChI=1S/C18H28N2O/c1-17(2,3)16(21)20-13-18(4,5)19-12-15(20)11-14-9-7-6-8-10-14/h6-10,15,19H,11-13H2,1-5H3. The summed E-state index contributed by atoms with van der Waals surface area (Å²) < 4.78 is 0. The number of hydrogen-bond acceptors (Lipinski definition) is 2. The Morgan fingerprint density at radius 2 is 1.90 bits per heavy atom. The zero-order valence-electron chi connectivity index (χ0n) is 13.9. The van der Waals surface area contributed by atoms with Crippen molar-refractivity contribution in [1.29, 1.82) is 0 Å². The maximum atomic E-state index is 12.8. The fourth-order valence-corrected chi connectivity index (χ4v) is 2.85. The Morgan fingerprint density at radius 1 is 1.29 bits per heavy atom. The molecule has 1 heterocycles. The Labute approximate surface area is 128 Å². The van der Waals surface area contributed by atoms with Crippen LogP contribution in [0, 0.1) is 5.41 Å². The molecule has 0 saturated carbocycles. The molecule has 1 fully saturated rings. The van der Waals surface area contributed by atoms with Gasteiger partial charge < -0.3 is 10.2 Å². The summed E-state index contributed by atoms with van der Waals surface area (Å²) in [5, 5.41) is 3.57. The van der Waals surface area contributed by atoms with Gasteiger partial charge in [-0.25, -0.2) is 0 Å². The molecule has 1 amide bonds. The van der Waals surface area contributed by atoms with E-state index in [2.05, 4.69) is 48.3 Å². The summed E-state index contributed by atoms with van der Waals surface area (Å²) >= 11 is 0. The highest BCUT2D eigenvalue weighted by Gasteiger charge is 2.38. The second kappa shape index (κ2) is 5.80. The first-order chi connectivity index (χ1) is 9.69. The molecule has 0 radical (unpaired) electrons. The molecular formula is C18H28N2O. The zero-order chi connectivity index (χ0) is 15.7. The number of amides is 1. The van der Waals surface area contributed by atoms with Gasteiger partial charge in [-0.3, -0.25) is 4.79 Å². The number of nitrogens with one attached hydrogen (secondary N) is 1. The van der Waals surface area contributed by atoms with Crippen LogP contribution in [0.5, 0.6) is 0 Å². The van der Waals surface area contributed by atoms with E-state index in [-0.39, 0.29) is 22.9 Å². The highest BCUT2D eigenvalue weighted by molar-refractivity contribution is 5.82.